The smallest absolute Gasteiger partial charge is 0.256 e. The fourth-order valence-corrected chi connectivity index (χ4v) is 3.38. The number of amides is 2. The van der Waals surface area contributed by atoms with Crippen LogP contribution in [0.1, 0.15) is 15.9 Å². The first-order valence-electron chi connectivity index (χ1n) is 9.02. The molecule has 1 saturated heterocycles. The number of hydrogen-bond acceptors (Lipinski definition) is 4. The monoisotopic (exact) mass is 398 g/mol. The molecule has 1 fully saturated rings. The van der Waals surface area contributed by atoms with Gasteiger partial charge in [0.05, 0.1) is 30.0 Å². The summed E-state index contributed by atoms with van der Waals surface area (Å²) in [4.78, 5) is 27.4. The normalized spacial score (nSPS) is 15.9. The molecule has 1 N–H and O–H groups in total. The van der Waals surface area contributed by atoms with E-state index in [1.165, 1.54) is 0 Å². The number of hydrogen-bond donors (Lipinski definition) is 1. The molecule has 2 aromatic rings. The minimum Gasteiger partial charge on any atom is -0.488 e. The minimum atomic E-state index is -0.312. The van der Waals surface area contributed by atoms with Crippen LogP contribution in [0.25, 0.3) is 6.08 Å². The SMILES string of the molecule is O=C(Nc1ccccc1C(=O)N1CCOCC1)C1=Cc2cc(Cl)ccc2OC1. The van der Waals surface area contributed by atoms with Crippen molar-refractivity contribution in [1.82, 2.24) is 4.90 Å². The van der Waals surface area contributed by atoms with Gasteiger partial charge in [-0.25, -0.2) is 0 Å². The number of para-hydroxylation sites is 1. The maximum Gasteiger partial charge on any atom is 0.256 e. The molecule has 0 aliphatic carbocycles. The number of anilines is 1. The summed E-state index contributed by atoms with van der Waals surface area (Å²) in [6.45, 7) is 2.27. The topological polar surface area (TPSA) is 67.9 Å². The van der Waals surface area contributed by atoms with Gasteiger partial charge in [0.15, 0.2) is 0 Å². The van der Waals surface area contributed by atoms with E-state index in [4.69, 9.17) is 21.1 Å². The van der Waals surface area contributed by atoms with E-state index in [2.05, 4.69) is 5.32 Å². The third kappa shape index (κ3) is 3.88. The molecule has 2 aliphatic heterocycles. The van der Waals surface area contributed by atoms with Gasteiger partial charge in [0, 0.05) is 23.7 Å². The van der Waals surface area contributed by atoms with Gasteiger partial charge in [0.2, 0.25) is 0 Å². The lowest BCUT2D eigenvalue weighted by Crippen LogP contribution is -2.41. The van der Waals surface area contributed by atoms with Crippen LogP contribution in [0.15, 0.2) is 48.0 Å². The van der Waals surface area contributed by atoms with Gasteiger partial charge in [0.1, 0.15) is 12.4 Å². The molecule has 0 radical (unpaired) electrons. The van der Waals surface area contributed by atoms with E-state index < -0.39 is 0 Å². The average Bonchev–Trinajstić information content (AvgIpc) is 2.73. The molecule has 28 heavy (non-hydrogen) atoms. The summed E-state index contributed by atoms with van der Waals surface area (Å²) < 4.78 is 10.9. The first-order chi connectivity index (χ1) is 13.6. The van der Waals surface area contributed by atoms with Crippen molar-refractivity contribution in [3.63, 3.8) is 0 Å². The Kier molecular flexibility index (Phi) is 5.32. The van der Waals surface area contributed by atoms with Gasteiger partial charge in [-0.1, -0.05) is 23.7 Å². The number of nitrogens with one attached hydrogen (secondary N) is 1. The highest BCUT2D eigenvalue weighted by Crippen LogP contribution is 2.29. The first-order valence-corrected chi connectivity index (χ1v) is 9.40. The Morgan fingerprint density at radius 1 is 1.07 bits per heavy atom. The van der Waals surface area contributed by atoms with Crippen molar-refractivity contribution in [2.24, 2.45) is 0 Å². The van der Waals surface area contributed by atoms with Crippen molar-refractivity contribution in [1.29, 1.82) is 0 Å². The fourth-order valence-electron chi connectivity index (χ4n) is 3.20. The summed E-state index contributed by atoms with van der Waals surface area (Å²) in [6, 6.07) is 12.3. The molecule has 0 saturated carbocycles. The Labute approximate surface area is 167 Å². The molecule has 0 spiro atoms. The first kappa shape index (κ1) is 18.5. The zero-order valence-electron chi connectivity index (χ0n) is 15.1. The van der Waals surface area contributed by atoms with Crippen LogP contribution in [-0.4, -0.2) is 49.6 Å². The molecule has 4 rings (SSSR count). The molecule has 0 bridgehead atoms. The van der Waals surface area contributed by atoms with Gasteiger partial charge >= 0.3 is 0 Å². The Morgan fingerprint density at radius 2 is 1.86 bits per heavy atom. The summed E-state index contributed by atoms with van der Waals surface area (Å²) in [6.07, 6.45) is 1.76. The van der Waals surface area contributed by atoms with Crippen molar-refractivity contribution in [2.75, 3.05) is 38.2 Å². The molecule has 2 heterocycles. The summed E-state index contributed by atoms with van der Waals surface area (Å²) in [5.41, 5.74) is 2.14. The maximum absolute atomic E-state index is 12.8. The van der Waals surface area contributed by atoms with E-state index in [0.29, 0.717) is 53.9 Å². The van der Waals surface area contributed by atoms with Crippen molar-refractivity contribution < 1.29 is 19.1 Å². The Hall–Kier alpha value is -2.83. The van der Waals surface area contributed by atoms with Crippen LogP contribution in [0.3, 0.4) is 0 Å². The van der Waals surface area contributed by atoms with E-state index in [-0.39, 0.29) is 18.4 Å². The second kappa shape index (κ2) is 8.04. The molecule has 7 heteroatoms. The summed E-state index contributed by atoms with van der Waals surface area (Å²) in [5.74, 6) is 0.252. The van der Waals surface area contributed by atoms with Crippen LogP contribution in [0.2, 0.25) is 5.02 Å². The van der Waals surface area contributed by atoms with Crippen LogP contribution in [0.5, 0.6) is 5.75 Å². The van der Waals surface area contributed by atoms with Crippen molar-refractivity contribution in [3.05, 3.63) is 64.2 Å². The standard InChI is InChI=1S/C21H19ClN2O4/c22-16-5-6-19-14(12-16)11-15(13-28-19)20(25)23-18-4-2-1-3-17(18)21(26)24-7-9-27-10-8-24/h1-6,11-12H,7-10,13H2,(H,23,25). The summed E-state index contributed by atoms with van der Waals surface area (Å²) >= 11 is 6.03. The lowest BCUT2D eigenvalue weighted by Gasteiger charge is -2.27. The van der Waals surface area contributed by atoms with E-state index in [1.54, 1.807) is 53.4 Å². The molecule has 6 nitrogen and oxygen atoms in total. The predicted molar refractivity (Wildman–Crippen MR) is 107 cm³/mol. The average molecular weight is 399 g/mol. The van der Waals surface area contributed by atoms with E-state index in [0.717, 1.165) is 5.56 Å². The number of carbonyl (C=O) groups is 2. The number of fused-ring (bicyclic) bond motifs is 1. The van der Waals surface area contributed by atoms with Gasteiger partial charge < -0.3 is 19.7 Å². The largest absolute Gasteiger partial charge is 0.488 e. The van der Waals surface area contributed by atoms with Crippen LogP contribution in [0.4, 0.5) is 5.69 Å². The van der Waals surface area contributed by atoms with Crippen molar-refractivity contribution >= 4 is 35.2 Å². The quantitative estimate of drug-likeness (QED) is 0.862. The highest BCUT2D eigenvalue weighted by molar-refractivity contribution is 6.30. The van der Waals surface area contributed by atoms with Gasteiger partial charge in [0.25, 0.3) is 11.8 Å². The highest BCUT2D eigenvalue weighted by Gasteiger charge is 2.23. The number of ether oxygens (including phenoxy) is 2. The van der Waals surface area contributed by atoms with Crippen molar-refractivity contribution in [3.8, 4) is 5.75 Å². The fraction of sp³-hybridized carbons (Fsp3) is 0.238. The third-order valence-corrected chi connectivity index (χ3v) is 4.92. The molecule has 2 aliphatic rings. The minimum absolute atomic E-state index is 0.120. The van der Waals surface area contributed by atoms with Gasteiger partial charge in [-0.15, -0.1) is 0 Å². The number of halogens is 1. The van der Waals surface area contributed by atoms with E-state index >= 15 is 0 Å². The van der Waals surface area contributed by atoms with Gasteiger partial charge in [-0.2, -0.15) is 0 Å². The molecule has 0 atom stereocenters. The summed E-state index contributed by atoms with van der Waals surface area (Å²) in [5, 5.41) is 3.42. The van der Waals surface area contributed by atoms with E-state index in [9.17, 15) is 9.59 Å². The van der Waals surface area contributed by atoms with Crippen LogP contribution in [-0.2, 0) is 9.53 Å². The number of carbonyl (C=O) groups excluding carboxylic acids is 2. The molecular formula is C21H19ClN2O4. The Morgan fingerprint density at radius 3 is 2.68 bits per heavy atom. The van der Waals surface area contributed by atoms with Crippen LogP contribution in [0, 0.1) is 0 Å². The number of benzene rings is 2. The summed E-state index contributed by atoms with van der Waals surface area (Å²) in [7, 11) is 0. The second-order valence-corrected chi connectivity index (χ2v) is 6.98. The number of rotatable bonds is 3. The van der Waals surface area contributed by atoms with Gasteiger partial charge in [-0.3, -0.25) is 9.59 Å². The molecule has 2 aromatic carbocycles. The zero-order valence-corrected chi connectivity index (χ0v) is 15.9. The predicted octanol–water partition coefficient (Wildman–Crippen LogP) is 3.23. The molecule has 144 valence electrons. The molecule has 0 unspecified atom stereocenters. The molecule has 2 amide bonds. The van der Waals surface area contributed by atoms with Crippen LogP contribution < -0.4 is 10.1 Å². The second-order valence-electron chi connectivity index (χ2n) is 6.54. The lowest BCUT2D eigenvalue weighted by atomic mass is 10.1. The Balaban J connectivity index is 1.55. The highest BCUT2D eigenvalue weighted by atomic mass is 35.5. The van der Waals surface area contributed by atoms with Gasteiger partial charge in [-0.05, 0) is 36.4 Å². The lowest BCUT2D eigenvalue weighted by molar-refractivity contribution is -0.113. The van der Waals surface area contributed by atoms with E-state index in [1.807, 2.05) is 0 Å². The number of morpholine rings is 1. The maximum atomic E-state index is 12.8. The third-order valence-electron chi connectivity index (χ3n) is 4.68. The Bertz CT molecular complexity index is 951. The van der Waals surface area contributed by atoms with Crippen molar-refractivity contribution in [2.45, 2.75) is 0 Å². The molecular weight excluding hydrogens is 380 g/mol. The molecule has 0 aromatic heterocycles. The zero-order chi connectivity index (χ0) is 19.5. The van der Waals surface area contributed by atoms with Crippen LogP contribution >= 0.6 is 11.6 Å². The number of nitrogens with zero attached hydrogens (tertiary/aromatic N) is 1.